The molecule has 0 saturated carbocycles. The lowest BCUT2D eigenvalue weighted by atomic mass is 10.2. The molecular weight excluding hydrogens is 366 g/mol. The standard InChI is InChI=1S/C16H14ClN3O4S/c1-18-16(22)9-3-2-4-11(5-9)20-25(23,24)14-6-10-7-15(21)19-13(10)8-12(14)17/h2-6,8,20H,7H2,1H3,(H,18,22)(H,19,21). The molecule has 0 unspecified atom stereocenters. The third-order valence-electron chi connectivity index (χ3n) is 3.68. The maximum absolute atomic E-state index is 12.7. The zero-order valence-electron chi connectivity index (χ0n) is 13.1. The Labute approximate surface area is 149 Å². The van der Waals surface area contributed by atoms with Crippen LogP contribution in [-0.2, 0) is 21.2 Å². The van der Waals surface area contributed by atoms with Gasteiger partial charge in [0, 0.05) is 24.0 Å². The Morgan fingerprint density at radius 3 is 2.72 bits per heavy atom. The summed E-state index contributed by atoms with van der Waals surface area (Å²) in [7, 11) is -2.50. The molecule has 0 spiro atoms. The van der Waals surface area contributed by atoms with Gasteiger partial charge in [0.1, 0.15) is 4.90 Å². The van der Waals surface area contributed by atoms with Gasteiger partial charge in [-0.05, 0) is 35.9 Å². The number of halogens is 1. The number of hydrogen-bond donors (Lipinski definition) is 3. The van der Waals surface area contributed by atoms with E-state index in [1.807, 2.05) is 0 Å². The molecule has 9 heteroatoms. The Hall–Kier alpha value is -2.58. The second-order valence-corrected chi connectivity index (χ2v) is 7.49. The highest BCUT2D eigenvalue weighted by molar-refractivity contribution is 7.92. The van der Waals surface area contributed by atoms with Crippen LogP contribution in [0.25, 0.3) is 0 Å². The first kappa shape index (κ1) is 17.2. The zero-order chi connectivity index (χ0) is 18.2. The second kappa shape index (κ2) is 6.38. The van der Waals surface area contributed by atoms with E-state index in [9.17, 15) is 18.0 Å². The largest absolute Gasteiger partial charge is 0.355 e. The minimum atomic E-state index is -3.98. The lowest BCUT2D eigenvalue weighted by Crippen LogP contribution is -2.18. The molecule has 0 fully saturated rings. The number of rotatable bonds is 4. The third-order valence-corrected chi connectivity index (χ3v) is 5.52. The number of fused-ring (bicyclic) bond motifs is 1. The molecule has 2 aromatic rings. The third kappa shape index (κ3) is 3.45. The van der Waals surface area contributed by atoms with Gasteiger partial charge < -0.3 is 10.6 Å². The predicted octanol–water partition coefficient (Wildman–Crippen LogP) is 1.99. The zero-order valence-corrected chi connectivity index (χ0v) is 14.7. The average Bonchev–Trinajstić information content (AvgIpc) is 2.92. The van der Waals surface area contributed by atoms with E-state index < -0.39 is 10.0 Å². The molecule has 1 aliphatic heterocycles. The second-order valence-electron chi connectivity index (χ2n) is 5.43. The number of hydrogen-bond acceptors (Lipinski definition) is 4. The number of carbonyl (C=O) groups is 2. The Morgan fingerprint density at radius 2 is 2.00 bits per heavy atom. The highest BCUT2D eigenvalue weighted by Crippen LogP contribution is 2.33. The fourth-order valence-corrected chi connectivity index (χ4v) is 4.14. The van der Waals surface area contributed by atoms with Crippen LogP contribution in [0.3, 0.4) is 0 Å². The average molecular weight is 380 g/mol. The van der Waals surface area contributed by atoms with Crippen LogP contribution in [0.15, 0.2) is 41.3 Å². The molecule has 2 amide bonds. The topological polar surface area (TPSA) is 104 Å². The van der Waals surface area contributed by atoms with E-state index in [1.165, 1.54) is 31.3 Å². The summed E-state index contributed by atoms with van der Waals surface area (Å²) in [5.74, 6) is -0.548. The number of sulfonamides is 1. The smallest absolute Gasteiger partial charge is 0.263 e. The molecule has 1 heterocycles. The summed E-state index contributed by atoms with van der Waals surface area (Å²) >= 11 is 6.08. The van der Waals surface area contributed by atoms with Gasteiger partial charge in [-0.2, -0.15) is 0 Å². The van der Waals surface area contributed by atoms with Crippen LogP contribution in [0.2, 0.25) is 5.02 Å². The number of nitrogens with one attached hydrogen (secondary N) is 3. The van der Waals surface area contributed by atoms with E-state index in [2.05, 4.69) is 15.4 Å². The SMILES string of the molecule is CNC(=O)c1cccc(NS(=O)(=O)c2cc3c(cc2Cl)NC(=O)C3)c1. The molecule has 7 nitrogen and oxygen atoms in total. The lowest BCUT2D eigenvalue weighted by molar-refractivity contribution is -0.115. The van der Waals surface area contributed by atoms with Crippen molar-refractivity contribution in [2.45, 2.75) is 11.3 Å². The highest BCUT2D eigenvalue weighted by Gasteiger charge is 2.25. The molecule has 3 rings (SSSR count). The monoisotopic (exact) mass is 379 g/mol. The molecule has 1 aliphatic rings. The lowest BCUT2D eigenvalue weighted by Gasteiger charge is -2.12. The maximum Gasteiger partial charge on any atom is 0.263 e. The highest BCUT2D eigenvalue weighted by atomic mass is 35.5. The van der Waals surface area contributed by atoms with Gasteiger partial charge in [0.25, 0.3) is 15.9 Å². The minimum Gasteiger partial charge on any atom is -0.355 e. The molecule has 0 bridgehead atoms. The van der Waals surface area contributed by atoms with Crippen LogP contribution < -0.4 is 15.4 Å². The molecular formula is C16H14ClN3O4S. The summed E-state index contributed by atoms with van der Waals surface area (Å²) < 4.78 is 27.7. The molecule has 0 radical (unpaired) electrons. The molecule has 25 heavy (non-hydrogen) atoms. The predicted molar refractivity (Wildman–Crippen MR) is 94.4 cm³/mol. The summed E-state index contributed by atoms with van der Waals surface area (Å²) in [4.78, 5) is 23.0. The summed E-state index contributed by atoms with van der Waals surface area (Å²) in [5, 5.41) is 5.07. The molecule has 130 valence electrons. The van der Waals surface area contributed by atoms with Gasteiger partial charge in [-0.15, -0.1) is 0 Å². The van der Waals surface area contributed by atoms with E-state index in [4.69, 9.17) is 11.6 Å². The molecule has 0 aromatic heterocycles. The Balaban J connectivity index is 1.95. The maximum atomic E-state index is 12.7. The molecule has 0 saturated heterocycles. The number of benzene rings is 2. The quantitative estimate of drug-likeness (QED) is 0.755. The van der Waals surface area contributed by atoms with Crippen molar-refractivity contribution in [3.05, 3.63) is 52.5 Å². The van der Waals surface area contributed by atoms with Crippen molar-refractivity contribution in [2.24, 2.45) is 0 Å². The molecule has 2 aromatic carbocycles. The van der Waals surface area contributed by atoms with Gasteiger partial charge in [-0.1, -0.05) is 17.7 Å². The van der Waals surface area contributed by atoms with Crippen LogP contribution in [0.1, 0.15) is 15.9 Å². The van der Waals surface area contributed by atoms with Crippen molar-refractivity contribution in [2.75, 3.05) is 17.1 Å². The van der Waals surface area contributed by atoms with Gasteiger partial charge in [0.2, 0.25) is 5.91 Å². The molecule has 0 aliphatic carbocycles. The van der Waals surface area contributed by atoms with Crippen LogP contribution in [0.5, 0.6) is 0 Å². The summed E-state index contributed by atoms with van der Waals surface area (Å²) in [6, 6.07) is 8.86. The van der Waals surface area contributed by atoms with Crippen LogP contribution in [-0.4, -0.2) is 27.3 Å². The van der Waals surface area contributed by atoms with Crippen molar-refractivity contribution >= 4 is 44.8 Å². The van der Waals surface area contributed by atoms with Gasteiger partial charge in [0.15, 0.2) is 0 Å². The first-order valence-corrected chi connectivity index (χ1v) is 9.13. The van der Waals surface area contributed by atoms with Crippen LogP contribution in [0.4, 0.5) is 11.4 Å². The summed E-state index contributed by atoms with van der Waals surface area (Å²) in [5.41, 5.74) is 1.62. The first-order valence-electron chi connectivity index (χ1n) is 7.27. The van der Waals surface area contributed by atoms with Crippen molar-refractivity contribution in [1.82, 2.24) is 5.32 Å². The van der Waals surface area contributed by atoms with Crippen LogP contribution >= 0.6 is 11.6 Å². The molecule has 0 atom stereocenters. The first-order chi connectivity index (χ1) is 11.8. The van der Waals surface area contributed by atoms with Crippen molar-refractivity contribution in [3.8, 4) is 0 Å². The number of carbonyl (C=O) groups excluding carboxylic acids is 2. The van der Waals surface area contributed by atoms with Gasteiger partial charge in [-0.25, -0.2) is 8.42 Å². The van der Waals surface area contributed by atoms with Crippen LogP contribution in [0, 0.1) is 0 Å². The van der Waals surface area contributed by atoms with Crippen molar-refractivity contribution in [1.29, 1.82) is 0 Å². The van der Waals surface area contributed by atoms with Crippen molar-refractivity contribution < 1.29 is 18.0 Å². The fraction of sp³-hybridized carbons (Fsp3) is 0.125. The van der Waals surface area contributed by atoms with Crippen molar-refractivity contribution in [3.63, 3.8) is 0 Å². The van der Waals surface area contributed by atoms with Gasteiger partial charge >= 0.3 is 0 Å². The Bertz CT molecular complexity index is 989. The van der Waals surface area contributed by atoms with E-state index in [1.54, 1.807) is 12.1 Å². The number of anilines is 2. The normalized spacial score (nSPS) is 13.1. The van der Waals surface area contributed by atoms with E-state index in [0.29, 0.717) is 16.8 Å². The summed E-state index contributed by atoms with van der Waals surface area (Å²) in [6.45, 7) is 0. The number of amides is 2. The fourth-order valence-electron chi connectivity index (χ4n) is 2.51. The van der Waals surface area contributed by atoms with E-state index in [0.717, 1.165) is 0 Å². The van der Waals surface area contributed by atoms with Gasteiger partial charge in [0.05, 0.1) is 11.4 Å². The van der Waals surface area contributed by atoms with Gasteiger partial charge in [-0.3, -0.25) is 14.3 Å². The molecule has 3 N–H and O–H groups in total. The van der Waals surface area contributed by atoms with E-state index in [-0.39, 0.29) is 33.8 Å². The van der Waals surface area contributed by atoms with E-state index >= 15 is 0 Å². The summed E-state index contributed by atoms with van der Waals surface area (Å²) in [6.07, 6.45) is 0.0984. The minimum absolute atomic E-state index is 0.00379. The Kier molecular flexibility index (Phi) is 4.40. The Morgan fingerprint density at radius 1 is 1.24 bits per heavy atom.